The minimum absolute atomic E-state index is 0.00256. The number of amides is 3. The van der Waals surface area contributed by atoms with Crippen molar-refractivity contribution in [1.82, 2.24) is 9.97 Å². The zero-order valence-electron chi connectivity index (χ0n) is 25.1. The summed E-state index contributed by atoms with van der Waals surface area (Å²) in [5.74, 6) is -2.88. The summed E-state index contributed by atoms with van der Waals surface area (Å²) in [5, 5.41) is 20.1. The summed E-state index contributed by atoms with van der Waals surface area (Å²) in [5.41, 5.74) is -3.26. The van der Waals surface area contributed by atoms with E-state index in [1.54, 1.807) is 62.3 Å². The predicted octanol–water partition coefficient (Wildman–Crippen LogP) is 6.89. The first-order valence-corrected chi connectivity index (χ1v) is 13.2. The van der Waals surface area contributed by atoms with E-state index in [-0.39, 0.29) is 27.4 Å². The van der Waals surface area contributed by atoms with Crippen molar-refractivity contribution < 1.29 is 48.4 Å². The number of carboxylic acid groups (broad SMARTS) is 2. The van der Waals surface area contributed by atoms with E-state index in [0.29, 0.717) is 4.90 Å². The van der Waals surface area contributed by atoms with Crippen LogP contribution in [0.2, 0.25) is 10.0 Å². The van der Waals surface area contributed by atoms with Crippen molar-refractivity contribution in [2.45, 2.75) is 79.1 Å². The van der Waals surface area contributed by atoms with E-state index in [4.69, 9.17) is 47.6 Å². The number of hydrogen-bond donors (Lipinski definition) is 3. The second-order valence-electron chi connectivity index (χ2n) is 11.6. The molecule has 0 saturated heterocycles. The molecule has 16 heteroatoms. The number of imide groups is 1. The van der Waals surface area contributed by atoms with Crippen molar-refractivity contribution >= 4 is 65.1 Å². The normalized spacial score (nSPS) is 11.3. The Hall–Kier alpha value is -4.17. The van der Waals surface area contributed by atoms with Gasteiger partial charge in [0.25, 0.3) is 0 Å². The number of carboxylic acids is 2. The molecule has 0 atom stereocenters. The molecular weight excluding hydrogens is 611 g/mol. The second kappa shape index (κ2) is 14.3. The van der Waals surface area contributed by atoms with Crippen LogP contribution in [0, 0.1) is 0 Å². The van der Waals surface area contributed by atoms with Crippen LogP contribution in [0.5, 0.6) is 0 Å². The first-order valence-electron chi connectivity index (χ1n) is 12.5. The zero-order valence-corrected chi connectivity index (χ0v) is 26.6. The number of carbonyl (C=O) groups is 5. The van der Waals surface area contributed by atoms with E-state index >= 15 is 0 Å². The number of nitrogens with one attached hydrogen (secondary N) is 1. The SMILES string of the molecule is CC(C)(C)OC(=O)N(C(=O)OC(C)(C)C)c1ccc(Cl)c(C(=O)O)n1.CC(C)(C)OC(=O)Nc1ccc(Cl)c(C(=O)O)n1. The van der Waals surface area contributed by atoms with Gasteiger partial charge in [0.15, 0.2) is 11.4 Å². The van der Waals surface area contributed by atoms with Crippen LogP contribution in [-0.4, -0.2) is 67.2 Å². The van der Waals surface area contributed by atoms with Crippen LogP contribution < -0.4 is 10.2 Å². The molecule has 43 heavy (non-hydrogen) atoms. The average molecular weight is 645 g/mol. The number of hydrogen-bond acceptors (Lipinski definition) is 10. The van der Waals surface area contributed by atoms with Crippen LogP contribution in [-0.2, 0) is 14.2 Å². The highest BCUT2D eigenvalue weighted by Gasteiger charge is 2.34. The van der Waals surface area contributed by atoms with Crippen LogP contribution in [0.3, 0.4) is 0 Å². The number of rotatable bonds is 4. The van der Waals surface area contributed by atoms with Crippen molar-refractivity contribution in [3.05, 3.63) is 45.7 Å². The second-order valence-corrected chi connectivity index (χ2v) is 12.4. The van der Waals surface area contributed by atoms with Crippen molar-refractivity contribution in [2.75, 3.05) is 10.2 Å². The lowest BCUT2D eigenvalue weighted by molar-refractivity contribution is 0.0425. The van der Waals surface area contributed by atoms with Crippen LogP contribution >= 0.6 is 23.2 Å². The fraction of sp³-hybridized carbons (Fsp3) is 0.444. The Morgan fingerprint density at radius 1 is 0.674 bits per heavy atom. The third-order valence-corrected chi connectivity index (χ3v) is 4.70. The minimum Gasteiger partial charge on any atom is -0.476 e. The number of carbonyl (C=O) groups excluding carboxylic acids is 3. The van der Waals surface area contributed by atoms with Gasteiger partial charge in [0, 0.05) is 0 Å². The molecule has 3 amide bonds. The van der Waals surface area contributed by atoms with E-state index in [1.165, 1.54) is 24.3 Å². The van der Waals surface area contributed by atoms with E-state index < -0.39 is 52.7 Å². The Balaban J connectivity index is 0.000000453. The number of aromatic nitrogens is 2. The van der Waals surface area contributed by atoms with Gasteiger partial charge in [-0.05, 0) is 86.6 Å². The van der Waals surface area contributed by atoms with Gasteiger partial charge in [-0.1, -0.05) is 23.2 Å². The third-order valence-electron chi connectivity index (χ3n) is 4.09. The molecule has 2 aromatic rings. The maximum absolute atomic E-state index is 12.4. The predicted molar refractivity (Wildman–Crippen MR) is 157 cm³/mol. The van der Waals surface area contributed by atoms with Crippen molar-refractivity contribution in [3.63, 3.8) is 0 Å². The van der Waals surface area contributed by atoms with Gasteiger partial charge in [-0.2, -0.15) is 4.90 Å². The van der Waals surface area contributed by atoms with E-state index in [9.17, 15) is 24.0 Å². The molecule has 236 valence electrons. The van der Waals surface area contributed by atoms with E-state index in [0.717, 1.165) is 0 Å². The topological polar surface area (TPSA) is 195 Å². The smallest absolute Gasteiger partial charge is 0.425 e. The third kappa shape index (κ3) is 13.1. The number of halogens is 2. The molecule has 0 fully saturated rings. The number of anilines is 2. The number of nitrogens with zero attached hydrogens (tertiary/aromatic N) is 3. The maximum Gasteiger partial charge on any atom is 0.425 e. The van der Waals surface area contributed by atoms with Gasteiger partial charge >= 0.3 is 30.2 Å². The lowest BCUT2D eigenvalue weighted by Crippen LogP contribution is -2.44. The summed E-state index contributed by atoms with van der Waals surface area (Å²) in [4.78, 5) is 66.3. The first-order chi connectivity index (χ1) is 19.4. The molecule has 0 unspecified atom stereocenters. The van der Waals surface area contributed by atoms with Crippen molar-refractivity contribution in [2.24, 2.45) is 0 Å². The fourth-order valence-corrected chi connectivity index (χ4v) is 3.03. The summed E-state index contributed by atoms with van der Waals surface area (Å²) >= 11 is 11.4. The standard InChI is InChI=1S/C16H21ClN2O6.C11H13ClN2O4/c1-15(2,3)24-13(22)19(14(23)25-16(4,5)6)10-8-7-9(17)11(18-10)12(20)21;1-11(2,3)18-10(17)14-7-5-4-6(12)8(13-7)9(15)16/h7-8H,1-6H3,(H,20,21);4-5H,1-3H3,(H,15,16)(H,13,14,17). The fourth-order valence-electron chi connectivity index (χ4n) is 2.65. The number of pyridine rings is 2. The lowest BCUT2D eigenvalue weighted by Gasteiger charge is -2.28. The van der Waals surface area contributed by atoms with Crippen LogP contribution in [0.15, 0.2) is 24.3 Å². The molecule has 2 rings (SSSR count). The van der Waals surface area contributed by atoms with Crippen LogP contribution in [0.1, 0.15) is 83.3 Å². The number of aromatic carboxylic acids is 2. The molecule has 0 aliphatic carbocycles. The Labute approximate surface area is 258 Å². The van der Waals surface area contributed by atoms with Gasteiger partial charge in [0.1, 0.15) is 28.4 Å². The molecule has 0 bridgehead atoms. The maximum atomic E-state index is 12.4. The van der Waals surface area contributed by atoms with Crippen LogP contribution in [0.4, 0.5) is 26.0 Å². The highest BCUT2D eigenvalue weighted by atomic mass is 35.5. The molecule has 0 saturated carbocycles. The molecule has 0 aromatic carbocycles. The van der Waals surface area contributed by atoms with Crippen LogP contribution in [0.25, 0.3) is 0 Å². The van der Waals surface area contributed by atoms with Gasteiger partial charge in [-0.15, -0.1) is 0 Å². The highest BCUT2D eigenvalue weighted by Crippen LogP contribution is 2.24. The van der Waals surface area contributed by atoms with Gasteiger partial charge in [0.2, 0.25) is 0 Å². The molecule has 0 aliphatic rings. The largest absolute Gasteiger partial charge is 0.476 e. The Kier molecular flexibility index (Phi) is 12.3. The number of ether oxygens (including phenoxy) is 3. The summed E-state index contributed by atoms with van der Waals surface area (Å²) in [6, 6.07) is 5.17. The van der Waals surface area contributed by atoms with Gasteiger partial charge < -0.3 is 24.4 Å². The van der Waals surface area contributed by atoms with Gasteiger partial charge in [-0.25, -0.2) is 33.9 Å². The summed E-state index contributed by atoms with van der Waals surface area (Å²) in [6.45, 7) is 14.9. The Morgan fingerprint density at radius 2 is 1.07 bits per heavy atom. The summed E-state index contributed by atoms with van der Waals surface area (Å²) in [6.07, 6.45) is -2.81. The monoisotopic (exact) mass is 644 g/mol. The quantitative estimate of drug-likeness (QED) is 0.292. The summed E-state index contributed by atoms with van der Waals surface area (Å²) in [7, 11) is 0. The highest BCUT2D eigenvalue weighted by molar-refractivity contribution is 6.33. The molecule has 0 spiro atoms. The molecule has 0 radical (unpaired) electrons. The first kappa shape index (κ1) is 36.9. The molecule has 14 nitrogen and oxygen atoms in total. The molecule has 2 heterocycles. The molecule has 0 aliphatic heterocycles. The van der Waals surface area contributed by atoms with Crippen molar-refractivity contribution in [3.8, 4) is 0 Å². The van der Waals surface area contributed by atoms with Gasteiger partial charge in [-0.3, -0.25) is 5.32 Å². The van der Waals surface area contributed by atoms with E-state index in [1.807, 2.05) is 0 Å². The van der Waals surface area contributed by atoms with Gasteiger partial charge in [0.05, 0.1) is 10.0 Å². The van der Waals surface area contributed by atoms with E-state index in [2.05, 4.69) is 15.3 Å². The minimum atomic E-state index is -1.40. The molecule has 3 N–H and O–H groups in total. The average Bonchev–Trinajstić information content (AvgIpc) is 2.78. The summed E-state index contributed by atoms with van der Waals surface area (Å²) < 4.78 is 15.4. The molecular formula is C27H34Cl2N4O10. The Bertz CT molecular complexity index is 1350. The van der Waals surface area contributed by atoms with Crippen molar-refractivity contribution in [1.29, 1.82) is 0 Å². The lowest BCUT2D eigenvalue weighted by atomic mass is 10.2. The molecule has 2 aromatic heterocycles. The zero-order chi connectivity index (χ0) is 33.5. The Morgan fingerprint density at radius 3 is 1.47 bits per heavy atom.